The van der Waals surface area contributed by atoms with E-state index in [4.69, 9.17) is 0 Å². The molecule has 526 valence electrons. The molecule has 0 atom stereocenters. The zero-order valence-electron chi connectivity index (χ0n) is 64.1. The van der Waals surface area contributed by atoms with Crippen LogP contribution in [-0.4, -0.2) is 7.05 Å². The summed E-state index contributed by atoms with van der Waals surface area (Å²) in [7, 11) is 2.26. The molecule has 0 amide bonds. The molecule has 3 aliphatic rings. The number of benzene rings is 13. The molecule has 0 fully saturated rings. The third-order valence-electron chi connectivity index (χ3n) is 24.3. The number of fused-ring (bicyclic) bond motifs is 9. The molecule has 0 saturated heterocycles. The fourth-order valence-corrected chi connectivity index (χ4v) is 18.3. The van der Waals surface area contributed by atoms with Crippen LogP contribution in [0.4, 0.5) is 28.4 Å². The summed E-state index contributed by atoms with van der Waals surface area (Å²) in [5, 5.41) is 0. The second-order valence-corrected chi connectivity index (χ2v) is 31.8. The molecule has 0 N–H and O–H groups in total. The summed E-state index contributed by atoms with van der Waals surface area (Å²) in [5.41, 5.74) is 42.0. The van der Waals surface area contributed by atoms with E-state index >= 15 is 0 Å². The minimum absolute atomic E-state index is 0.0506. The van der Waals surface area contributed by atoms with Crippen molar-refractivity contribution < 1.29 is 0 Å². The third kappa shape index (κ3) is 12.7. The molecule has 0 unspecified atom stereocenters. The Kier molecular flexibility index (Phi) is 18.8. The fourth-order valence-electron chi connectivity index (χ4n) is 18.3. The highest BCUT2D eigenvalue weighted by Gasteiger charge is 2.43. The number of rotatable bonds is 22. The summed E-state index contributed by atoms with van der Waals surface area (Å²) in [6.45, 7) is 23.1. The first-order valence-electron chi connectivity index (χ1n) is 39.2. The Morgan fingerprint density at radius 1 is 0.292 bits per heavy atom. The molecule has 0 saturated carbocycles. The quantitative estimate of drug-likeness (QED) is 0.0624. The van der Waals surface area contributed by atoms with Gasteiger partial charge in [0.15, 0.2) is 0 Å². The molecule has 3 aliphatic carbocycles. The number of anilines is 5. The van der Waals surface area contributed by atoms with Crippen molar-refractivity contribution in [3.8, 4) is 100 Å². The highest BCUT2D eigenvalue weighted by Crippen LogP contribution is 2.57. The van der Waals surface area contributed by atoms with E-state index in [-0.39, 0.29) is 16.2 Å². The fraction of sp³-hybridized carbons (Fsp3) is 0.231. The van der Waals surface area contributed by atoms with Crippen molar-refractivity contribution in [3.05, 3.63) is 335 Å². The van der Waals surface area contributed by atoms with Crippen molar-refractivity contribution in [1.29, 1.82) is 0 Å². The average molecular weight is 1380 g/mol. The minimum atomic E-state index is -0.215. The van der Waals surface area contributed by atoms with E-state index in [1.165, 1.54) is 226 Å². The van der Waals surface area contributed by atoms with Gasteiger partial charge in [0.1, 0.15) is 0 Å². The maximum Gasteiger partial charge on any atom is 0.0464 e. The zero-order chi connectivity index (χ0) is 73.0. The van der Waals surface area contributed by atoms with Crippen LogP contribution in [0, 0.1) is 20.8 Å². The van der Waals surface area contributed by atoms with Crippen LogP contribution in [-0.2, 0) is 16.2 Å². The maximum absolute atomic E-state index is 2.57. The lowest BCUT2D eigenvalue weighted by atomic mass is 9.70. The SMILES string of the molecule is C/C=C/c1cccc(-c2cccc(-c3ccc(N(c4ccc(-c5ccc6c(c5)C(C)(C)c5cc(-c7ccc(C)cc7)ccc5-6)cc4)c4ccc(-c5ccc6c(c5)C(C)(C)c5cc(-c7ccc(N(C)c8ccc9c(c8)C(CCCCCC)(CCCCCC)c8ccccc8-9)cc7C)ccc5-6)c(C)c4)cc3)c2)c1. The van der Waals surface area contributed by atoms with Crippen LogP contribution in [0.5, 0.6) is 0 Å². The first kappa shape index (κ1) is 69.6. The van der Waals surface area contributed by atoms with Gasteiger partial charge in [-0.1, -0.05) is 287 Å². The van der Waals surface area contributed by atoms with E-state index in [2.05, 4.69) is 371 Å². The predicted molar refractivity (Wildman–Crippen MR) is 456 cm³/mol. The predicted octanol–water partition coefficient (Wildman–Crippen LogP) is 29.7. The van der Waals surface area contributed by atoms with Gasteiger partial charge in [0.05, 0.1) is 0 Å². The number of unbranched alkanes of at least 4 members (excludes halogenated alkanes) is 6. The number of allylic oxidation sites excluding steroid dienone is 1. The first-order chi connectivity index (χ1) is 51.5. The summed E-state index contributed by atoms with van der Waals surface area (Å²) in [4.78, 5) is 4.85. The van der Waals surface area contributed by atoms with Gasteiger partial charge in [-0.3, -0.25) is 0 Å². The minimum Gasteiger partial charge on any atom is -0.345 e. The highest BCUT2D eigenvalue weighted by molar-refractivity contribution is 5.91. The van der Waals surface area contributed by atoms with Gasteiger partial charge >= 0.3 is 0 Å². The van der Waals surface area contributed by atoms with Gasteiger partial charge in [-0.25, -0.2) is 0 Å². The topological polar surface area (TPSA) is 6.48 Å². The van der Waals surface area contributed by atoms with Crippen molar-refractivity contribution in [2.75, 3.05) is 16.8 Å². The Morgan fingerprint density at radius 2 is 0.670 bits per heavy atom. The summed E-state index contributed by atoms with van der Waals surface area (Å²) in [6.07, 6.45) is 17.0. The number of aryl methyl sites for hydroxylation is 3. The maximum atomic E-state index is 2.57. The first-order valence-corrected chi connectivity index (χ1v) is 39.2. The standard InChI is InChI=1S/C104H100N2/c1-12-15-17-21-58-104(59-22-18-16-13-2)96-31-20-19-30-90(96)95-57-49-86(68-101(95)104)105(11)85-48-55-88(70(5)60-85)81-42-53-93-94-54-43-82(67-100(94)103(9,10)99(93)66-81)89-56-50-87(61-71(89)6)106(83-44-36-74(37-45-83)77-28-24-29-78(63-77)76-27-23-26-72(62-76)25-14-3)84-46-38-75(39-47-84)80-41-52-92-91-51-40-79(73-34-32-69(4)33-35-73)64-97(91)102(7,8)98(92)65-80/h14,19-20,23-57,60-68H,12-13,15-18,21-22,58-59H2,1-11H3/b25-14+. The smallest absolute Gasteiger partial charge is 0.0464 e. The molecule has 2 heteroatoms. The summed E-state index contributed by atoms with van der Waals surface area (Å²) in [6, 6.07) is 105. The number of nitrogens with zero attached hydrogens (tertiary/aromatic N) is 2. The Bertz CT molecular complexity index is 5490. The highest BCUT2D eigenvalue weighted by atomic mass is 15.1. The normalized spacial score (nSPS) is 13.8. The second-order valence-electron chi connectivity index (χ2n) is 31.8. The van der Waals surface area contributed by atoms with Gasteiger partial charge in [0.25, 0.3) is 0 Å². The molecule has 0 aliphatic heterocycles. The summed E-state index contributed by atoms with van der Waals surface area (Å²) >= 11 is 0. The van der Waals surface area contributed by atoms with Crippen LogP contribution in [0.3, 0.4) is 0 Å². The molecular weight excluding hydrogens is 1280 g/mol. The van der Waals surface area contributed by atoms with Crippen molar-refractivity contribution in [3.63, 3.8) is 0 Å². The van der Waals surface area contributed by atoms with Crippen molar-refractivity contribution in [2.24, 2.45) is 0 Å². The van der Waals surface area contributed by atoms with Crippen molar-refractivity contribution >= 4 is 34.5 Å². The second kappa shape index (κ2) is 28.6. The third-order valence-corrected chi connectivity index (χ3v) is 24.3. The van der Waals surface area contributed by atoms with Gasteiger partial charge in [0.2, 0.25) is 0 Å². The summed E-state index contributed by atoms with van der Waals surface area (Å²) < 4.78 is 0. The van der Waals surface area contributed by atoms with E-state index in [9.17, 15) is 0 Å². The lowest BCUT2D eigenvalue weighted by molar-refractivity contribution is 0.401. The van der Waals surface area contributed by atoms with Gasteiger partial charge in [0, 0.05) is 51.7 Å². The molecular formula is C104H100N2. The number of hydrogen-bond donors (Lipinski definition) is 0. The van der Waals surface area contributed by atoms with E-state index in [1.807, 2.05) is 0 Å². The van der Waals surface area contributed by atoms with Crippen LogP contribution in [0.25, 0.3) is 106 Å². The van der Waals surface area contributed by atoms with E-state index < -0.39 is 0 Å². The monoisotopic (exact) mass is 1380 g/mol. The van der Waals surface area contributed by atoms with Crippen molar-refractivity contribution in [2.45, 2.75) is 150 Å². The molecule has 0 bridgehead atoms. The molecule has 16 rings (SSSR count). The van der Waals surface area contributed by atoms with Gasteiger partial charge in [-0.05, 0) is 288 Å². The molecule has 0 heterocycles. The van der Waals surface area contributed by atoms with Crippen molar-refractivity contribution in [1.82, 2.24) is 0 Å². The Balaban J connectivity index is 0.679. The molecule has 2 nitrogen and oxygen atoms in total. The van der Waals surface area contributed by atoms with E-state index in [1.54, 1.807) is 5.56 Å². The van der Waals surface area contributed by atoms with Gasteiger partial charge in [-0.2, -0.15) is 0 Å². The Labute approximate surface area is 631 Å². The van der Waals surface area contributed by atoms with Crippen LogP contribution < -0.4 is 9.80 Å². The van der Waals surface area contributed by atoms with Crippen LogP contribution in [0.1, 0.15) is 168 Å². The Morgan fingerprint density at radius 3 is 1.18 bits per heavy atom. The van der Waals surface area contributed by atoms with Gasteiger partial charge in [-0.15, -0.1) is 0 Å². The molecule has 0 radical (unpaired) electrons. The van der Waals surface area contributed by atoms with Crippen LogP contribution in [0.15, 0.2) is 279 Å². The van der Waals surface area contributed by atoms with Crippen LogP contribution in [0.2, 0.25) is 0 Å². The molecule has 0 spiro atoms. The largest absolute Gasteiger partial charge is 0.345 e. The van der Waals surface area contributed by atoms with E-state index in [0.717, 1.165) is 17.1 Å². The lowest BCUT2D eigenvalue weighted by Crippen LogP contribution is -2.26. The average Bonchev–Trinajstić information content (AvgIpc) is 1.58. The Hall–Kier alpha value is -10.8. The molecule has 13 aromatic carbocycles. The van der Waals surface area contributed by atoms with E-state index in [0.29, 0.717) is 0 Å². The summed E-state index contributed by atoms with van der Waals surface area (Å²) in [5.74, 6) is 0. The molecule has 106 heavy (non-hydrogen) atoms. The lowest BCUT2D eigenvalue weighted by Gasteiger charge is -2.33. The molecule has 13 aromatic rings. The zero-order valence-corrected chi connectivity index (χ0v) is 64.1. The van der Waals surface area contributed by atoms with Gasteiger partial charge < -0.3 is 9.80 Å². The number of hydrogen-bond acceptors (Lipinski definition) is 2. The van der Waals surface area contributed by atoms with Crippen LogP contribution >= 0.6 is 0 Å². The molecule has 0 aromatic heterocycles.